The molecule has 1 saturated carbocycles. The normalized spacial score (nSPS) is 22.3. The molecule has 2 aliphatic rings. The second kappa shape index (κ2) is 6.23. The van der Waals surface area contributed by atoms with Gasteiger partial charge in [-0.25, -0.2) is 4.79 Å². The fourth-order valence-electron chi connectivity index (χ4n) is 2.76. The van der Waals surface area contributed by atoms with Gasteiger partial charge < -0.3 is 20.5 Å². The molecule has 1 heterocycles. The molecule has 0 radical (unpaired) electrons. The van der Waals surface area contributed by atoms with Gasteiger partial charge in [-0.15, -0.1) is 0 Å². The summed E-state index contributed by atoms with van der Waals surface area (Å²) in [6.45, 7) is 1.83. The Balaban J connectivity index is 1.71. The van der Waals surface area contributed by atoms with Gasteiger partial charge in [-0.2, -0.15) is 0 Å². The van der Waals surface area contributed by atoms with Gasteiger partial charge >= 0.3 is 12.0 Å². The quantitative estimate of drug-likeness (QED) is 0.698. The lowest BCUT2D eigenvalue weighted by Gasteiger charge is -2.41. The van der Waals surface area contributed by atoms with E-state index >= 15 is 0 Å². The molecule has 0 bridgehead atoms. The number of carboxylic acid groups (broad SMARTS) is 1. The summed E-state index contributed by atoms with van der Waals surface area (Å²) in [6, 6.07) is -0.0193. The third-order valence-corrected chi connectivity index (χ3v) is 4.12. The second-order valence-electron chi connectivity index (χ2n) is 5.64. The SMILES string of the molecule is O=C(O)CC1(CNC(=O)NC2CCOCC2)CCC1. The predicted octanol–water partition coefficient (Wildman–Crippen LogP) is 1.11. The molecule has 2 rings (SSSR count). The molecule has 1 aliphatic heterocycles. The van der Waals surface area contributed by atoms with Crippen LogP contribution in [-0.2, 0) is 9.53 Å². The van der Waals surface area contributed by atoms with Crippen LogP contribution in [0.2, 0.25) is 0 Å². The summed E-state index contributed by atoms with van der Waals surface area (Å²) < 4.78 is 5.23. The Morgan fingerprint density at radius 3 is 2.47 bits per heavy atom. The van der Waals surface area contributed by atoms with Crippen LogP contribution < -0.4 is 10.6 Å². The predicted molar refractivity (Wildman–Crippen MR) is 68.9 cm³/mol. The zero-order valence-electron chi connectivity index (χ0n) is 11.1. The standard InChI is InChI=1S/C13H22N2O4/c16-11(17)8-13(4-1-5-13)9-14-12(18)15-10-2-6-19-7-3-10/h10H,1-9H2,(H,16,17)(H2,14,15,18). The van der Waals surface area contributed by atoms with E-state index in [2.05, 4.69) is 10.6 Å². The van der Waals surface area contributed by atoms with Crippen LogP contribution in [-0.4, -0.2) is 42.9 Å². The first-order chi connectivity index (χ1) is 9.10. The van der Waals surface area contributed by atoms with Gasteiger partial charge in [0, 0.05) is 25.8 Å². The Morgan fingerprint density at radius 1 is 1.26 bits per heavy atom. The van der Waals surface area contributed by atoms with Crippen LogP contribution in [0.1, 0.15) is 38.5 Å². The fourth-order valence-corrected chi connectivity index (χ4v) is 2.76. The number of rotatable bonds is 5. The van der Waals surface area contributed by atoms with Gasteiger partial charge in [0.1, 0.15) is 0 Å². The number of carboxylic acids is 1. The number of carbonyl (C=O) groups is 2. The largest absolute Gasteiger partial charge is 0.481 e. The molecule has 0 atom stereocenters. The van der Waals surface area contributed by atoms with Gasteiger partial charge in [-0.05, 0) is 31.1 Å². The van der Waals surface area contributed by atoms with Gasteiger partial charge in [0.2, 0.25) is 0 Å². The maximum Gasteiger partial charge on any atom is 0.315 e. The van der Waals surface area contributed by atoms with Crippen molar-refractivity contribution in [1.82, 2.24) is 10.6 Å². The van der Waals surface area contributed by atoms with Crippen molar-refractivity contribution < 1.29 is 19.4 Å². The molecule has 0 aromatic heterocycles. The minimum Gasteiger partial charge on any atom is -0.481 e. The van der Waals surface area contributed by atoms with Crippen molar-refractivity contribution in [1.29, 1.82) is 0 Å². The molecule has 0 unspecified atom stereocenters. The molecule has 1 aliphatic carbocycles. The third kappa shape index (κ3) is 4.09. The first kappa shape index (κ1) is 14.1. The summed E-state index contributed by atoms with van der Waals surface area (Å²) in [5.74, 6) is -0.786. The lowest BCUT2D eigenvalue weighted by Crippen LogP contribution is -2.49. The number of urea groups is 1. The van der Waals surface area contributed by atoms with Crippen LogP contribution in [0.25, 0.3) is 0 Å². The topological polar surface area (TPSA) is 87.7 Å². The highest BCUT2D eigenvalue weighted by Crippen LogP contribution is 2.43. The van der Waals surface area contributed by atoms with E-state index < -0.39 is 5.97 Å². The average molecular weight is 270 g/mol. The van der Waals surface area contributed by atoms with Crippen molar-refractivity contribution in [2.75, 3.05) is 19.8 Å². The lowest BCUT2D eigenvalue weighted by atomic mass is 9.66. The molecule has 108 valence electrons. The minimum absolute atomic E-state index is 0.143. The van der Waals surface area contributed by atoms with Crippen molar-refractivity contribution >= 4 is 12.0 Å². The third-order valence-electron chi connectivity index (χ3n) is 4.12. The molecule has 0 aromatic rings. The summed E-state index contributed by atoms with van der Waals surface area (Å²) in [7, 11) is 0. The molecule has 3 N–H and O–H groups in total. The highest BCUT2D eigenvalue weighted by Gasteiger charge is 2.39. The van der Waals surface area contributed by atoms with Crippen LogP contribution >= 0.6 is 0 Å². The highest BCUT2D eigenvalue weighted by atomic mass is 16.5. The van der Waals surface area contributed by atoms with Gasteiger partial charge in [0.25, 0.3) is 0 Å². The monoisotopic (exact) mass is 270 g/mol. The Morgan fingerprint density at radius 2 is 1.95 bits per heavy atom. The van der Waals surface area contributed by atoms with Gasteiger partial charge in [0.15, 0.2) is 0 Å². The van der Waals surface area contributed by atoms with Gasteiger partial charge in [-0.3, -0.25) is 4.79 Å². The van der Waals surface area contributed by atoms with Crippen LogP contribution in [0.5, 0.6) is 0 Å². The molecule has 6 nitrogen and oxygen atoms in total. The zero-order chi connectivity index (χ0) is 13.7. The number of carbonyl (C=O) groups excluding carboxylic acids is 1. The highest BCUT2D eigenvalue weighted by molar-refractivity contribution is 5.74. The summed E-state index contributed by atoms with van der Waals surface area (Å²) in [6.07, 6.45) is 4.65. The summed E-state index contributed by atoms with van der Waals surface area (Å²) in [4.78, 5) is 22.6. The van der Waals surface area contributed by atoms with E-state index in [9.17, 15) is 9.59 Å². The zero-order valence-corrected chi connectivity index (χ0v) is 11.1. The molecular formula is C13H22N2O4. The molecular weight excluding hydrogens is 248 g/mol. The number of ether oxygens (including phenoxy) is 1. The number of hydrogen-bond donors (Lipinski definition) is 3. The van der Waals surface area contributed by atoms with Gasteiger partial charge in [-0.1, -0.05) is 6.42 Å². The second-order valence-corrected chi connectivity index (χ2v) is 5.64. The minimum atomic E-state index is -0.786. The van der Waals surface area contributed by atoms with Crippen LogP contribution in [0.3, 0.4) is 0 Å². The van der Waals surface area contributed by atoms with Crippen molar-refractivity contribution in [3.8, 4) is 0 Å². The Kier molecular flexibility index (Phi) is 4.63. The van der Waals surface area contributed by atoms with E-state index in [-0.39, 0.29) is 23.9 Å². The summed E-state index contributed by atoms with van der Waals surface area (Å²) >= 11 is 0. The van der Waals surface area contributed by atoms with Crippen molar-refractivity contribution in [3.05, 3.63) is 0 Å². The van der Waals surface area contributed by atoms with E-state index in [0.29, 0.717) is 19.8 Å². The van der Waals surface area contributed by atoms with Gasteiger partial charge in [0.05, 0.1) is 6.42 Å². The molecule has 6 heteroatoms. The van der Waals surface area contributed by atoms with Crippen molar-refractivity contribution in [2.45, 2.75) is 44.6 Å². The van der Waals surface area contributed by atoms with E-state index in [1.54, 1.807) is 0 Å². The molecule has 2 fully saturated rings. The Hall–Kier alpha value is -1.30. The van der Waals surface area contributed by atoms with Crippen LogP contribution in [0.15, 0.2) is 0 Å². The van der Waals surface area contributed by atoms with E-state index in [4.69, 9.17) is 9.84 Å². The van der Waals surface area contributed by atoms with E-state index in [1.165, 1.54) is 0 Å². The van der Waals surface area contributed by atoms with Crippen LogP contribution in [0, 0.1) is 5.41 Å². The Labute approximate surface area is 112 Å². The maximum atomic E-state index is 11.8. The van der Waals surface area contributed by atoms with E-state index in [1.807, 2.05) is 0 Å². The first-order valence-electron chi connectivity index (χ1n) is 6.94. The molecule has 0 spiro atoms. The summed E-state index contributed by atoms with van der Waals surface area (Å²) in [5, 5.41) is 14.6. The Bertz CT molecular complexity index is 336. The molecule has 0 aromatic carbocycles. The maximum absolute atomic E-state index is 11.8. The number of nitrogens with one attached hydrogen (secondary N) is 2. The molecule has 2 amide bonds. The summed E-state index contributed by atoms with van der Waals surface area (Å²) in [5.41, 5.74) is -0.223. The number of amides is 2. The smallest absolute Gasteiger partial charge is 0.315 e. The molecule has 19 heavy (non-hydrogen) atoms. The van der Waals surface area contributed by atoms with Crippen molar-refractivity contribution in [3.63, 3.8) is 0 Å². The number of hydrogen-bond acceptors (Lipinski definition) is 3. The van der Waals surface area contributed by atoms with Crippen LogP contribution in [0.4, 0.5) is 4.79 Å². The first-order valence-corrected chi connectivity index (χ1v) is 6.94. The lowest BCUT2D eigenvalue weighted by molar-refractivity contribution is -0.141. The number of aliphatic carboxylic acids is 1. The average Bonchev–Trinajstić information content (AvgIpc) is 2.33. The fraction of sp³-hybridized carbons (Fsp3) is 0.846. The molecule has 1 saturated heterocycles. The van der Waals surface area contributed by atoms with Crippen molar-refractivity contribution in [2.24, 2.45) is 5.41 Å². The van der Waals surface area contributed by atoms with E-state index in [0.717, 1.165) is 32.1 Å².